The third-order valence-corrected chi connectivity index (χ3v) is 5.47. The number of halogens is 3. The summed E-state index contributed by atoms with van der Waals surface area (Å²) in [6.07, 6.45) is -3.22. The lowest BCUT2D eigenvalue weighted by molar-refractivity contribution is -0.274. The number of pyridine rings is 2. The van der Waals surface area contributed by atoms with Gasteiger partial charge in [0, 0.05) is 31.4 Å². The fourth-order valence-corrected chi connectivity index (χ4v) is 3.85. The maximum Gasteiger partial charge on any atom is 0.573 e. The molecule has 1 fully saturated rings. The van der Waals surface area contributed by atoms with Crippen molar-refractivity contribution < 1.29 is 27.4 Å². The van der Waals surface area contributed by atoms with Gasteiger partial charge < -0.3 is 14.8 Å². The van der Waals surface area contributed by atoms with Crippen LogP contribution in [0.2, 0.25) is 0 Å². The summed E-state index contributed by atoms with van der Waals surface area (Å²) in [5.41, 5.74) is 1.61. The first kappa shape index (κ1) is 23.7. The third kappa shape index (κ3) is 5.61. The molecule has 0 aliphatic carbocycles. The van der Waals surface area contributed by atoms with E-state index < -0.39 is 12.3 Å². The normalized spacial score (nSPS) is 14.6. The Balaban J connectivity index is 1.36. The van der Waals surface area contributed by atoms with Crippen LogP contribution in [0.15, 0.2) is 60.8 Å². The molecular formula is C24H21F3N6O3. The van der Waals surface area contributed by atoms with E-state index in [-0.39, 0.29) is 22.8 Å². The van der Waals surface area contributed by atoms with Crippen LogP contribution < -0.4 is 10.1 Å². The topological polar surface area (TPSA) is 93.9 Å². The molecule has 186 valence electrons. The quantitative estimate of drug-likeness (QED) is 0.433. The molecule has 0 spiro atoms. The highest BCUT2D eigenvalue weighted by atomic mass is 19.4. The van der Waals surface area contributed by atoms with Crippen LogP contribution in [0.4, 0.5) is 19.0 Å². The molecule has 1 N–H and O–H groups in total. The third-order valence-electron chi connectivity index (χ3n) is 5.47. The Kier molecular flexibility index (Phi) is 6.53. The number of nitrogens with zero attached hydrogens (tertiary/aromatic N) is 5. The number of hydrogen-bond donors (Lipinski definition) is 1. The zero-order chi connectivity index (χ0) is 25.1. The first-order chi connectivity index (χ1) is 17.3. The van der Waals surface area contributed by atoms with E-state index in [9.17, 15) is 18.0 Å². The highest BCUT2D eigenvalue weighted by Crippen LogP contribution is 2.27. The van der Waals surface area contributed by atoms with Gasteiger partial charge in [0.05, 0.1) is 24.5 Å². The molecule has 1 aliphatic heterocycles. The number of benzene rings is 1. The fraction of sp³-hybridized carbons (Fsp3) is 0.250. The number of rotatable bonds is 6. The lowest BCUT2D eigenvalue weighted by atomic mass is 10.2. The van der Waals surface area contributed by atoms with Crippen LogP contribution in [0.1, 0.15) is 16.1 Å². The summed E-state index contributed by atoms with van der Waals surface area (Å²) >= 11 is 0. The number of carbonyl (C=O) groups excluding carboxylic acids is 1. The number of anilines is 1. The number of aromatic nitrogens is 4. The van der Waals surface area contributed by atoms with Crippen LogP contribution in [0, 0.1) is 0 Å². The first-order valence-electron chi connectivity index (χ1n) is 11.1. The summed E-state index contributed by atoms with van der Waals surface area (Å²) in [5, 5.41) is 7.10. The maximum absolute atomic E-state index is 13.1. The molecule has 1 aliphatic rings. The van der Waals surface area contributed by atoms with Gasteiger partial charge in [-0.15, -0.1) is 18.3 Å². The zero-order valence-corrected chi connectivity index (χ0v) is 18.9. The lowest BCUT2D eigenvalue weighted by Gasteiger charge is -2.26. The molecule has 12 heteroatoms. The van der Waals surface area contributed by atoms with E-state index in [4.69, 9.17) is 4.74 Å². The SMILES string of the molecule is O=C(Nc1cccc(CN2CCOCC2)n1)c1cccn2nc(-c3cccc(OC(F)(F)F)c3)nc12. The van der Waals surface area contributed by atoms with Gasteiger partial charge >= 0.3 is 6.36 Å². The smallest absolute Gasteiger partial charge is 0.406 e. The number of hydrogen-bond acceptors (Lipinski definition) is 7. The van der Waals surface area contributed by atoms with E-state index in [2.05, 4.69) is 30.0 Å². The number of nitrogens with one attached hydrogen (secondary N) is 1. The van der Waals surface area contributed by atoms with Crippen molar-refractivity contribution in [3.05, 3.63) is 72.1 Å². The Labute approximate surface area is 203 Å². The van der Waals surface area contributed by atoms with Gasteiger partial charge in [-0.2, -0.15) is 0 Å². The van der Waals surface area contributed by atoms with Crippen molar-refractivity contribution in [3.8, 4) is 17.1 Å². The van der Waals surface area contributed by atoms with E-state index >= 15 is 0 Å². The minimum absolute atomic E-state index is 0.147. The molecular weight excluding hydrogens is 477 g/mol. The molecule has 1 amide bonds. The highest BCUT2D eigenvalue weighted by molar-refractivity contribution is 6.07. The number of morpholine rings is 1. The van der Waals surface area contributed by atoms with Crippen molar-refractivity contribution in [1.82, 2.24) is 24.5 Å². The van der Waals surface area contributed by atoms with Gasteiger partial charge in [-0.3, -0.25) is 9.69 Å². The van der Waals surface area contributed by atoms with E-state index in [1.54, 1.807) is 30.5 Å². The second-order valence-electron chi connectivity index (χ2n) is 8.06. The molecule has 4 heterocycles. The van der Waals surface area contributed by atoms with Gasteiger partial charge in [0.25, 0.3) is 5.91 Å². The average molecular weight is 498 g/mol. The van der Waals surface area contributed by atoms with Crippen molar-refractivity contribution in [2.45, 2.75) is 12.9 Å². The standard InChI is InChI=1S/C24H21F3N6O3/c25-24(26,27)36-18-6-1-4-16(14-18)21-30-22-19(7-3-9-33(22)31-21)23(34)29-20-8-2-5-17(28-20)15-32-10-12-35-13-11-32/h1-9,14H,10-13,15H2,(H,28,29,34). The number of alkyl halides is 3. The predicted octanol–water partition coefficient (Wildman–Crippen LogP) is 3.77. The monoisotopic (exact) mass is 498 g/mol. The molecule has 0 radical (unpaired) electrons. The molecule has 0 unspecified atom stereocenters. The van der Waals surface area contributed by atoms with E-state index in [0.29, 0.717) is 31.1 Å². The van der Waals surface area contributed by atoms with Gasteiger partial charge in [-0.25, -0.2) is 14.5 Å². The molecule has 4 aromatic rings. The number of amides is 1. The van der Waals surface area contributed by atoms with Crippen LogP contribution in [-0.2, 0) is 11.3 Å². The molecule has 9 nitrogen and oxygen atoms in total. The van der Waals surface area contributed by atoms with Crippen molar-refractivity contribution in [2.75, 3.05) is 31.6 Å². The van der Waals surface area contributed by atoms with Crippen molar-refractivity contribution in [3.63, 3.8) is 0 Å². The molecule has 0 bridgehead atoms. The van der Waals surface area contributed by atoms with Gasteiger partial charge in [0.15, 0.2) is 11.5 Å². The van der Waals surface area contributed by atoms with Crippen LogP contribution in [0.25, 0.3) is 17.0 Å². The van der Waals surface area contributed by atoms with Gasteiger partial charge in [-0.1, -0.05) is 18.2 Å². The second-order valence-corrected chi connectivity index (χ2v) is 8.06. The Bertz CT molecular complexity index is 1390. The molecule has 5 rings (SSSR count). The molecule has 1 saturated heterocycles. The maximum atomic E-state index is 13.1. The second kappa shape index (κ2) is 9.91. The van der Waals surface area contributed by atoms with Crippen molar-refractivity contribution in [1.29, 1.82) is 0 Å². The Hall–Kier alpha value is -4.03. The van der Waals surface area contributed by atoms with Crippen LogP contribution in [0.5, 0.6) is 5.75 Å². The Morgan fingerprint density at radius 3 is 2.67 bits per heavy atom. The Morgan fingerprint density at radius 2 is 1.86 bits per heavy atom. The summed E-state index contributed by atoms with van der Waals surface area (Å²) in [4.78, 5) is 24.2. The van der Waals surface area contributed by atoms with Gasteiger partial charge in [0.2, 0.25) is 0 Å². The summed E-state index contributed by atoms with van der Waals surface area (Å²) < 4.78 is 48.5. The van der Waals surface area contributed by atoms with Gasteiger partial charge in [-0.05, 0) is 36.4 Å². The van der Waals surface area contributed by atoms with Crippen LogP contribution >= 0.6 is 0 Å². The zero-order valence-electron chi connectivity index (χ0n) is 18.9. The molecule has 3 aromatic heterocycles. The fourth-order valence-electron chi connectivity index (χ4n) is 3.85. The summed E-state index contributed by atoms with van der Waals surface area (Å²) in [6, 6.07) is 14.0. The average Bonchev–Trinajstić information content (AvgIpc) is 3.29. The predicted molar refractivity (Wildman–Crippen MR) is 123 cm³/mol. The van der Waals surface area contributed by atoms with Crippen LogP contribution in [-0.4, -0.2) is 63.1 Å². The molecule has 0 saturated carbocycles. The lowest BCUT2D eigenvalue weighted by Crippen LogP contribution is -2.35. The number of fused-ring (bicyclic) bond motifs is 1. The number of carbonyl (C=O) groups is 1. The minimum atomic E-state index is -4.82. The highest BCUT2D eigenvalue weighted by Gasteiger charge is 2.31. The Morgan fingerprint density at radius 1 is 1.06 bits per heavy atom. The molecule has 1 aromatic carbocycles. The van der Waals surface area contributed by atoms with E-state index in [1.165, 1.54) is 22.7 Å². The van der Waals surface area contributed by atoms with Crippen LogP contribution in [0.3, 0.4) is 0 Å². The summed E-state index contributed by atoms with van der Waals surface area (Å²) in [5.74, 6) is -0.289. The summed E-state index contributed by atoms with van der Waals surface area (Å²) in [6.45, 7) is 3.65. The number of ether oxygens (including phenoxy) is 2. The molecule has 0 atom stereocenters. The largest absolute Gasteiger partial charge is 0.573 e. The van der Waals surface area contributed by atoms with E-state index in [1.807, 2.05) is 12.1 Å². The molecule has 36 heavy (non-hydrogen) atoms. The first-order valence-corrected chi connectivity index (χ1v) is 11.1. The van der Waals surface area contributed by atoms with E-state index in [0.717, 1.165) is 18.8 Å². The van der Waals surface area contributed by atoms with Crippen molar-refractivity contribution >= 4 is 17.4 Å². The van der Waals surface area contributed by atoms with Crippen molar-refractivity contribution in [2.24, 2.45) is 0 Å². The summed E-state index contributed by atoms with van der Waals surface area (Å²) in [7, 11) is 0. The van der Waals surface area contributed by atoms with Gasteiger partial charge in [0.1, 0.15) is 11.6 Å². The minimum Gasteiger partial charge on any atom is -0.406 e.